The maximum atomic E-state index is 12.9. The number of nitrogens with zero attached hydrogens (tertiary/aromatic N) is 1. The van der Waals surface area contributed by atoms with Gasteiger partial charge in [-0.05, 0) is 50.5 Å². The first kappa shape index (κ1) is 21.5. The van der Waals surface area contributed by atoms with Crippen LogP contribution in [0.3, 0.4) is 0 Å². The minimum atomic E-state index is -0.583. The van der Waals surface area contributed by atoms with Crippen LogP contribution in [0.1, 0.15) is 37.0 Å². The number of hydrogen-bond donors (Lipinski definition) is 1. The first-order valence-electron chi connectivity index (χ1n) is 9.73. The van der Waals surface area contributed by atoms with Crippen LogP contribution in [0.2, 0.25) is 0 Å². The number of amides is 2. The second-order valence-electron chi connectivity index (χ2n) is 7.02. The number of benzene rings is 2. The zero-order chi connectivity index (χ0) is 20.5. The van der Waals surface area contributed by atoms with Gasteiger partial charge in [-0.3, -0.25) is 9.59 Å². The Morgan fingerprint density at radius 2 is 1.75 bits per heavy atom. The Morgan fingerprint density at radius 3 is 2.39 bits per heavy atom. The van der Waals surface area contributed by atoms with Crippen LogP contribution in [0.25, 0.3) is 0 Å². The molecule has 0 unspecified atom stereocenters. The zero-order valence-corrected chi connectivity index (χ0v) is 17.2. The molecule has 0 heterocycles. The van der Waals surface area contributed by atoms with Gasteiger partial charge in [-0.15, -0.1) is 0 Å². The van der Waals surface area contributed by atoms with Crippen LogP contribution < -0.4 is 10.1 Å². The Labute approximate surface area is 167 Å². The predicted octanol–water partition coefficient (Wildman–Crippen LogP) is 3.63. The summed E-state index contributed by atoms with van der Waals surface area (Å²) in [6, 6.07) is 14.9. The molecule has 28 heavy (non-hydrogen) atoms. The number of carbonyl (C=O) groups is 2. The van der Waals surface area contributed by atoms with E-state index in [0.717, 1.165) is 23.1 Å². The normalized spacial score (nSPS) is 11.6. The van der Waals surface area contributed by atoms with Crippen LogP contribution in [0, 0.1) is 13.8 Å². The molecule has 0 aliphatic rings. The molecule has 1 atom stereocenters. The maximum absolute atomic E-state index is 12.9. The number of nitrogens with one attached hydrogen (secondary N) is 1. The minimum Gasteiger partial charge on any atom is -0.484 e. The van der Waals surface area contributed by atoms with Gasteiger partial charge in [0.1, 0.15) is 11.8 Å². The lowest BCUT2D eigenvalue weighted by atomic mass is 10.1. The smallest absolute Gasteiger partial charge is 0.261 e. The van der Waals surface area contributed by atoms with Gasteiger partial charge in [-0.25, -0.2) is 0 Å². The van der Waals surface area contributed by atoms with E-state index < -0.39 is 6.04 Å². The molecule has 1 N–H and O–H groups in total. The van der Waals surface area contributed by atoms with Crippen molar-refractivity contribution in [1.82, 2.24) is 10.2 Å². The van der Waals surface area contributed by atoms with Gasteiger partial charge in [-0.2, -0.15) is 0 Å². The van der Waals surface area contributed by atoms with Crippen molar-refractivity contribution >= 4 is 11.8 Å². The topological polar surface area (TPSA) is 58.6 Å². The third-order valence-corrected chi connectivity index (χ3v) is 4.70. The maximum Gasteiger partial charge on any atom is 0.261 e. The molecule has 0 fully saturated rings. The van der Waals surface area contributed by atoms with Gasteiger partial charge in [0.15, 0.2) is 6.61 Å². The summed E-state index contributed by atoms with van der Waals surface area (Å²) in [6.07, 6.45) is 0.848. The van der Waals surface area contributed by atoms with Crippen molar-refractivity contribution < 1.29 is 14.3 Å². The quantitative estimate of drug-likeness (QED) is 0.721. The lowest BCUT2D eigenvalue weighted by molar-refractivity contribution is -0.142. The Hall–Kier alpha value is -2.82. The van der Waals surface area contributed by atoms with Gasteiger partial charge in [0.25, 0.3) is 5.91 Å². The lowest BCUT2D eigenvalue weighted by Crippen LogP contribution is -2.49. The Bertz CT molecular complexity index is 787. The zero-order valence-electron chi connectivity index (χ0n) is 17.2. The first-order chi connectivity index (χ1) is 13.4. The highest BCUT2D eigenvalue weighted by atomic mass is 16.5. The average molecular weight is 383 g/mol. The molecule has 2 aromatic carbocycles. The Kier molecular flexibility index (Phi) is 8.05. The van der Waals surface area contributed by atoms with Gasteiger partial charge < -0.3 is 15.0 Å². The van der Waals surface area contributed by atoms with E-state index in [-0.39, 0.29) is 18.4 Å². The largest absolute Gasteiger partial charge is 0.484 e. The molecule has 0 aliphatic carbocycles. The first-order valence-corrected chi connectivity index (χ1v) is 9.73. The summed E-state index contributed by atoms with van der Waals surface area (Å²) in [4.78, 5) is 27.0. The number of rotatable bonds is 9. The number of hydrogen-bond acceptors (Lipinski definition) is 3. The van der Waals surface area contributed by atoms with Crippen LogP contribution >= 0.6 is 0 Å². The van der Waals surface area contributed by atoms with Crippen LogP contribution in [0.5, 0.6) is 5.75 Å². The van der Waals surface area contributed by atoms with Crippen molar-refractivity contribution in [3.8, 4) is 5.75 Å². The van der Waals surface area contributed by atoms with Crippen LogP contribution in [-0.2, 0) is 16.1 Å². The van der Waals surface area contributed by atoms with Gasteiger partial charge in [0.2, 0.25) is 5.91 Å². The predicted molar refractivity (Wildman–Crippen MR) is 111 cm³/mol. The monoisotopic (exact) mass is 382 g/mol. The minimum absolute atomic E-state index is 0.111. The highest BCUT2D eigenvalue weighted by molar-refractivity contribution is 5.87. The van der Waals surface area contributed by atoms with Gasteiger partial charge in [-0.1, -0.05) is 48.9 Å². The van der Waals surface area contributed by atoms with Crippen molar-refractivity contribution in [3.63, 3.8) is 0 Å². The molecular formula is C23H30N2O3. The van der Waals surface area contributed by atoms with Crippen molar-refractivity contribution in [3.05, 3.63) is 65.2 Å². The third-order valence-electron chi connectivity index (χ3n) is 4.70. The van der Waals surface area contributed by atoms with E-state index in [1.54, 1.807) is 11.8 Å². The summed E-state index contributed by atoms with van der Waals surface area (Å²) in [7, 11) is 0. The van der Waals surface area contributed by atoms with Crippen molar-refractivity contribution in [2.45, 2.75) is 46.7 Å². The van der Waals surface area contributed by atoms with E-state index in [1.165, 1.54) is 0 Å². The highest BCUT2D eigenvalue weighted by Gasteiger charge is 2.26. The van der Waals surface area contributed by atoms with E-state index in [0.29, 0.717) is 18.8 Å². The Morgan fingerprint density at radius 1 is 1.07 bits per heavy atom. The van der Waals surface area contributed by atoms with Crippen molar-refractivity contribution in [2.24, 2.45) is 0 Å². The Balaban J connectivity index is 2.13. The van der Waals surface area contributed by atoms with Crippen LogP contribution in [0.15, 0.2) is 48.5 Å². The molecule has 0 radical (unpaired) electrons. The van der Waals surface area contributed by atoms with E-state index in [2.05, 4.69) is 5.32 Å². The van der Waals surface area contributed by atoms with Gasteiger partial charge in [0, 0.05) is 13.1 Å². The number of ether oxygens (including phenoxy) is 1. The molecule has 0 spiro atoms. The summed E-state index contributed by atoms with van der Waals surface area (Å²) in [6.45, 7) is 8.60. The van der Waals surface area contributed by atoms with Gasteiger partial charge >= 0.3 is 0 Å². The highest BCUT2D eigenvalue weighted by Crippen LogP contribution is 2.15. The number of carbonyl (C=O) groups excluding carboxylic acids is 2. The molecule has 0 aliphatic heterocycles. The summed E-state index contributed by atoms with van der Waals surface area (Å²) in [5, 5.41) is 2.87. The summed E-state index contributed by atoms with van der Waals surface area (Å²) >= 11 is 0. The second kappa shape index (κ2) is 10.5. The van der Waals surface area contributed by atoms with Crippen LogP contribution in [-0.4, -0.2) is 35.9 Å². The van der Waals surface area contributed by atoms with E-state index in [4.69, 9.17) is 4.74 Å². The molecule has 2 amide bonds. The standard InChI is InChI=1S/C23H30N2O3/c1-5-14-24-23(27)19(4)25(15-20-9-7-6-8-18(20)3)22(26)16-28-21-12-10-17(2)11-13-21/h6-13,19H,5,14-16H2,1-4H3,(H,24,27)/t19-/m0/s1. The van der Waals surface area contributed by atoms with E-state index in [9.17, 15) is 9.59 Å². The molecule has 5 heteroatoms. The molecule has 0 saturated carbocycles. The summed E-state index contributed by atoms with van der Waals surface area (Å²) in [5.74, 6) is 0.264. The van der Waals surface area contributed by atoms with Crippen molar-refractivity contribution in [2.75, 3.05) is 13.2 Å². The molecule has 2 rings (SSSR count). The van der Waals surface area contributed by atoms with E-state index in [1.807, 2.05) is 69.3 Å². The SMILES string of the molecule is CCCNC(=O)[C@H](C)N(Cc1ccccc1C)C(=O)COc1ccc(C)cc1. The fraction of sp³-hybridized carbons (Fsp3) is 0.391. The fourth-order valence-corrected chi connectivity index (χ4v) is 2.81. The number of aryl methyl sites for hydroxylation is 2. The van der Waals surface area contributed by atoms with Crippen molar-refractivity contribution in [1.29, 1.82) is 0 Å². The molecular weight excluding hydrogens is 352 g/mol. The lowest BCUT2D eigenvalue weighted by Gasteiger charge is -2.29. The summed E-state index contributed by atoms with van der Waals surface area (Å²) in [5.41, 5.74) is 3.23. The molecule has 0 saturated heterocycles. The molecule has 150 valence electrons. The van der Waals surface area contributed by atoms with E-state index >= 15 is 0 Å². The average Bonchev–Trinajstić information content (AvgIpc) is 2.70. The summed E-state index contributed by atoms with van der Waals surface area (Å²) < 4.78 is 5.66. The second-order valence-corrected chi connectivity index (χ2v) is 7.02. The molecule has 0 aromatic heterocycles. The molecule has 5 nitrogen and oxygen atoms in total. The molecule has 2 aromatic rings. The van der Waals surface area contributed by atoms with Crippen LogP contribution in [0.4, 0.5) is 0 Å². The third kappa shape index (κ3) is 6.12. The van der Waals surface area contributed by atoms with Gasteiger partial charge in [0.05, 0.1) is 0 Å². The fourth-order valence-electron chi connectivity index (χ4n) is 2.81. The molecule has 0 bridgehead atoms.